The van der Waals surface area contributed by atoms with Crippen molar-refractivity contribution in [1.82, 2.24) is 0 Å². The molecular formula is C8H7Br2F. The van der Waals surface area contributed by atoms with Gasteiger partial charge in [-0.3, -0.25) is 0 Å². The molecule has 0 bridgehead atoms. The predicted octanol–water partition coefficient (Wildman–Crippen LogP) is 3.66. The number of alkyl halides is 2. The molecule has 0 aliphatic heterocycles. The molecular weight excluding hydrogens is 275 g/mol. The van der Waals surface area contributed by atoms with Gasteiger partial charge in [0.15, 0.2) is 0 Å². The van der Waals surface area contributed by atoms with Gasteiger partial charge in [-0.15, -0.1) is 0 Å². The van der Waals surface area contributed by atoms with Crippen molar-refractivity contribution in [3.8, 4) is 0 Å². The van der Waals surface area contributed by atoms with Crippen LogP contribution >= 0.6 is 31.9 Å². The Morgan fingerprint density at radius 1 is 1.27 bits per heavy atom. The molecule has 0 saturated carbocycles. The van der Waals surface area contributed by atoms with Gasteiger partial charge >= 0.3 is 0 Å². The Hall–Kier alpha value is 0.110. The molecule has 1 aromatic rings. The van der Waals surface area contributed by atoms with Crippen molar-refractivity contribution in [3.63, 3.8) is 0 Å². The summed E-state index contributed by atoms with van der Waals surface area (Å²) in [4.78, 5) is 0.267. The minimum Gasteiger partial charge on any atom is -0.207 e. The molecule has 0 unspecified atom stereocenters. The number of hydrogen-bond acceptors (Lipinski definition) is 0. The van der Waals surface area contributed by atoms with Crippen molar-refractivity contribution in [2.45, 2.75) is 4.83 Å². The maximum atomic E-state index is 12.4. The molecule has 1 atom stereocenters. The van der Waals surface area contributed by atoms with Crippen LogP contribution in [-0.2, 0) is 0 Å². The number of rotatable bonds is 2. The first-order chi connectivity index (χ1) is 5.24. The van der Waals surface area contributed by atoms with Gasteiger partial charge in [0.2, 0.25) is 0 Å². The van der Waals surface area contributed by atoms with Gasteiger partial charge < -0.3 is 0 Å². The summed E-state index contributed by atoms with van der Waals surface area (Å²) in [6.07, 6.45) is 0. The highest BCUT2D eigenvalue weighted by molar-refractivity contribution is 9.12. The Bertz CT molecular complexity index is 220. The minimum atomic E-state index is -0.192. The van der Waals surface area contributed by atoms with E-state index in [-0.39, 0.29) is 10.6 Å². The van der Waals surface area contributed by atoms with E-state index in [0.717, 1.165) is 10.9 Å². The lowest BCUT2D eigenvalue weighted by Crippen LogP contribution is -1.89. The van der Waals surface area contributed by atoms with E-state index in [0.29, 0.717) is 0 Å². The van der Waals surface area contributed by atoms with E-state index < -0.39 is 0 Å². The lowest BCUT2D eigenvalue weighted by molar-refractivity contribution is 0.627. The zero-order chi connectivity index (χ0) is 8.27. The Morgan fingerprint density at radius 3 is 2.27 bits per heavy atom. The lowest BCUT2D eigenvalue weighted by atomic mass is 10.2. The Balaban J connectivity index is 2.81. The molecule has 3 heteroatoms. The van der Waals surface area contributed by atoms with Gasteiger partial charge in [-0.25, -0.2) is 4.39 Å². The van der Waals surface area contributed by atoms with E-state index in [1.807, 2.05) is 0 Å². The Morgan fingerprint density at radius 2 is 1.82 bits per heavy atom. The lowest BCUT2D eigenvalue weighted by Gasteiger charge is -2.04. The monoisotopic (exact) mass is 280 g/mol. The van der Waals surface area contributed by atoms with E-state index in [1.54, 1.807) is 12.1 Å². The molecule has 0 heterocycles. The smallest absolute Gasteiger partial charge is 0.123 e. The second kappa shape index (κ2) is 4.21. The second-order valence-electron chi connectivity index (χ2n) is 2.17. The van der Waals surface area contributed by atoms with E-state index in [1.165, 1.54) is 12.1 Å². The van der Waals surface area contributed by atoms with Gasteiger partial charge in [0.1, 0.15) is 5.82 Å². The molecule has 0 aromatic heterocycles. The molecule has 1 aromatic carbocycles. The highest BCUT2D eigenvalue weighted by Gasteiger charge is 2.03. The number of hydrogen-bond donors (Lipinski definition) is 0. The quantitative estimate of drug-likeness (QED) is 0.726. The molecule has 0 saturated heterocycles. The molecule has 0 radical (unpaired) electrons. The van der Waals surface area contributed by atoms with Gasteiger partial charge in [-0.2, -0.15) is 0 Å². The van der Waals surface area contributed by atoms with Crippen LogP contribution in [0.1, 0.15) is 10.4 Å². The van der Waals surface area contributed by atoms with Crippen LogP contribution in [0.4, 0.5) is 4.39 Å². The van der Waals surface area contributed by atoms with Crippen LogP contribution in [0.2, 0.25) is 0 Å². The van der Waals surface area contributed by atoms with Crippen molar-refractivity contribution in [2.75, 3.05) is 5.33 Å². The van der Waals surface area contributed by atoms with Crippen molar-refractivity contribution >= 4 is 31.9 Å². The van der Waals surface area contributed by atoms with Crippen molar-refractivity contribution in [3.05, 3.63) is 35.6 Å². The van der Waals surface area contributed by atoms with E-state index in [2.05, 4.69) is 31.9 Å². The fourth-order valence-corrected chi connectivity index (χ4v) is 1.44. The summed E-state index contributed by atoms with van der Waals surface area (Å²) in [6, 6.07) is 6.48. The summed E-state index contributed by atoms with van der Waals surface area (Å²) in [7, 11) is 0. The summed E-state index contributed by atoms with van der Waals surface area (Å²) in [6.45, 7) is 0. The summed E-state index contributed by atoms with van der Waals surface area (Å²) in [5.41, 5.74) is 1.09. The molecule has 0 amide bonds. The van der Waals surface area contributed by atoms with Crippen LogP contribution in [-0.4, -0.2) is 5.33 Å². The van der Waals surface area contributed by atoms with Gasteiger partial charge in [0.25, 0.3) is 0 Å². The molecule has 0 nitrogen and oxygen atoms in total. The molecule has 0 spiro atoms. The molecule has 0 N–H and O–H groups in total. The van der Waals surface area contributed by atoms with Crippen LogP contribution in [0.5, 0.6) is 0 Å². The van der Waals surface area contributed by atoms with Crippen LogP contribution in [0.3, 0.4) is 0 Å². The maximum Gasteiger partial charge on any atom is 0.123 e. The largest absolute Gasteiger partial charge is 0.207 e. The molecule has 0 aliphatic carbocycles. The zero-order valence-corrected chi connectivity index (χ0v) is 8.90. The van der Waals surface area contributed by atoms with Crippen LogP contribution in [0.25, 0.3) is 0 Å². The van der Waals surface area contributed by atoms with E-state index in [4.69, 9.17) is 0 Å². The Labute approximate surface area is 82.1 Å². The third-order valence-electron chi connectivity index (χ3n) is 1.37. The van der Waals surface area contributed by atoms with Gasteiger partial charge in [-0.05, 0) is 17.7 Å². The highest BCUT2D eigenvalue weighted by Crippen LogP contribution is 2.24. The van der Waals surface area contributed by atoms with Crippen LogP contribution in [0, 0.1) is 5.82 Å². The topological polar surface area (TPSA) is 0 Å². The molecule has 11 heavy (non-hydrogen) atoms. The molecule has 0 aliphatic rings. The van der Waals surface area contributed by atoms with Crippen LogP contribution < -0.4 is 0 Å². The maximum absolute atomic E-state index is 12.4. The number of halogens is 3. The third-order valence-corrected chi connectivity index (χ3v) is 3.74. The number of benzene rings is 1. The first-order valence-electron chi connectivity index (χ1n) is 3.19. The average molecular weight is 282 g/mol. The summed E-state index contributed by atoms with van der Waals surface area (Å²) in [5, 5.41) is 0.832. The third kappa shape index (κ3) is 2.56. The molecule has 60 valence electrons. The van der Waals surface area contributed by atoms with Crippen LogP contribution in [0.15, 0.2) is 24.3 Å². The summed E-state index contributed by atoms with van der Waals surface area (Å²) in [5.74, 6) is -0.192. The molecule has 0 fully saturated rings. The molecule has 1 rings (SSSR count). The van der Waals surface area contributed by atoms with Gasteiger partial charge in [0.05, 0.1) is 0 Å². The first kappa shape index (κ1) is 9.20. The predicted molar refractivity (Wildman–Crippen MR) is 51.9 cm³/mol. The standard InChI is InChI=1S/C8H7Br2F/c9-5-8(10)6-1-3-7(11)4-2-6/h1-4,8H,5H2/t8-/m1/s1. The minimum absolute atomic E-state index is 0.192. The SMILES string of the molecule is Fc1ccc([C@H](Br)CBr)cc1. The zero-order valence-electron chi connectivity index (χ0n) is 5.73. The second-order valence-corrected chi connectivity index (χ2v) is 3.93. The Kier molecular flexibility index (Phi) is 3.52. The highest BCUT2D eigenvalue weighted by atomic mass is 79.9. The fourth-order valence-electron chi connectivity index (χ4n) is 0.761. The first-order valence-corrected chi connectivity index (χ1v) is 5.23. The fraction of sp³-hybridized carbons (Fsp3) is 0.250. The summed E-state index contributed by atoms with van der Waals surface area (Å²) < 4.78 is 12.4. The van der Waals surface area contributed by atoms with Gasteiger partial charge in [-0.1, -0.05) is 44.0 Å². The average Bonchev–Trinajstić information content (AvgIpc) is 2.05. The van der Waals surface area contributed by atoms with E-state index >= 15 is 0 Å². The van der Waals surface area contributed by atoms with Gasteiger partial charge in [0, 0.05) is 10.2 Å². The normalized spacial score (nSPS) is 13.0. The van der Waals surface area contributed by atoms with E-state index in [9.17, 15) is 4.39 Å². The summed E-state index contributed by atoms with van der Waals surface area (Å²) >= 11 is 6.77. The van der Waals surface area contributed by atoms with Crippen molar-refractivity contribution in [2.24, 2.45) is 0 Å². The van der Waals surface area contributed by atoms with Crippen molar-refractivity contribution < 1.29 is 4.39 Å². The van der Waals surface area contributed by atoms with Crippen molar-refractivity contribution in [1.29, 1.82) is 0 Å².